The smallest absolute Gasteiger partial charge is 0.276 e. The van der Waals surface area contributed by atoms with Crippen LogP contribution in [0.3, 0.4) is 0 Å². The Balaban J connectivity index is 1.63. The van der Waals surface area contributed by atoms with Crippen molar-refractivity contribution in [1.29, 1.82) is 0 Å². The van der Waals surface area contributed by atoms with E-state index in [9.17, 15) is 8.42 Å². The largest absolute Gasteiger partial charge is 0.494 e. The molecule has 0 aromatic heterocycles. The molecule has 2 aliphatic rings. The van der Waals surface area contributed by atoms with Gasteiger partial charge < -0.3 is 4.74 Å². The molecule has 3 rings (SSSR count). The van der Waals surface area contributed by atoms with Crippen molar-refractivity contribution in [3.05, 3.63) is 24.3 Å². The van der Waals surface area contributed by atoms with E-state index in [-0.39, 0.29) is 4.90 Å². The predicted octanol–water partition coefficient (Wildman–Crippen LogP) is 3.71. The first-order valence-electron chi connectivity index (χ1n) is 8.88. The number of sulfonamides is 1. The van der Waals surface area contributed by atoms with Gasteiger partial charge in [0.15, 0.2) is 0 Å². The van der Waals surface area contributed by atoms with Gasteiger partial charge in [-0.05, 0) is 68.7 Å². The van der Waals surface area contributed by atoms with E-state index in [1.165, 1.54) is 25.7 Å². The second kappa shape index (κ2) is 7.55. The normalized spacial score (nSPS) is 26.0. The molecule has 132 valence electrons. The molecule has 0 heterocycles. The molecule has 0 spiro atoms. The summed E-state index contributed by atoms with van der Waals surface area (Å²) in [6, 6.07) is 6.42. The second-order valence-electron chi connectivity index (χ2n) is 6.72. The molecule has 2 atom stereocenters. The van der Waals surface area contributed by atoms with Gasteiger partial charge in [0.25, 0.3) is 10.0 Å². The van der Waals surface area contributed by atoms with Gasteiger partial charge in [0.1, 0.15) is 5.75 Å². The SMILES string of the molecule is CCOc1ccc(S(=O)(=O)N/N=C2\CC[C@@H]3CCCC[C@@H]3C2)cc1. The molecule has 1 aromatic carbocycles. The van der Waals surface area contributed by atoms with Crippen LogP contribution in [0.25, 0.3) is 0 Å². The highest BCUT2D eigenvalue weighted by Gasteiger charge is 2.30. The molecule has 0 amide bonds. The minimum atomic E-state index is -3.61. The summed E-state index contributed by atoms with van der Waals surface area (Å²) in [6.07, 6.45) is 8.23. The molecule has 0 unspecified atom stereocenters. The van der Waals surface area contributed by atoms with Gasteiger partial charge in [0, 0.05) is 5.71 Å². The number of nitrogens with one attached hydrogen (secondary N) is 1. The first-order valence-corrected chi connectivity index (χ1v) is 10.4. The fraction of sp³-hybridized carbons (Fsp3) is 0.611. The quantitative estimate of drug-likeness (QED) is 0.823. The first-order chi connectivity index (χ1) is 11.6. The Bertz CT molecular complexity index is 683. The van der Waals surface area contributed by atoms with E-state index in [0.29, 0.717) is 18.3 Å². The van der Waals surface area contributed by atoms with Crippen LogP contribution in [0.1, 0.15) is 51.9 Å². The summed E-state index contributed by atoms with van der Waals surface area (Å²) in [5.41, 5.74) is 0.993. The van der Waals surface area contributed by atoms with Crippen LogP contribution in [0.2, 0.25) is 0 Å². The number of ether oxygens (including phenoxy) is 1. The summed E-state index contributed by atoms with van der Waals surface area (Å²) in [6.45, 7) is 2.45. The number of benzene rings is 1. The van der Waals surface area contributed by atoms with Gasteiger partial charge in [0.2, 0.25) is 0 Å². The van der Waals surface area contributed by atoms with E-state index >= 15 is 0 Å². The molecular formula is C18H26N2O3S. The van der Waals surface area contributed by atoms with Gasteiger partial charge in [0.05, 0.1) is 11.5 Å². The maximum atomic E-state index is 12.4. The molecule has 1 aromatic rings. The molecule has 0 aliphatic heterocycles. The van der Waals surface area contributed by atoms with Crippen molar-refractivity contribution in [3.8, 4) is 5.75 Å². The van der Waals surface area contributed by atoms with Crippen LogP contribution < -0.4 is 9.57 Å². The van der Waals surface area contributed by atoms with Crippen LogP contribution in [-0.4, -0.2) is 20.7 Å². The molecule has 2 saturated carbocycles. The third-order valence-electron chi connectivity index (χ3n) is 5.14. The van der Waals surface area contributed by atoms with Crippen LogP contribution in [0.15, 0.2) is 34.3 Å². The van der Waals surface area contributed by atoms with Crippen molar-refractivity contribution in [2.24, 2.45) is 16.9 Å². The summed E-state index contributed by atoms with van der Waals surface area (Å²) >= 11 is 0. The van der Waals surface area contributed by atoms with Crippen molar-refractivity contribution >= 4 is 15.7 Å². The van der Waals surface area contributed by atoms with E-state index in [4.69, 9.17) is 4.74 Å². The molecule has 2 fully saturated rings. The fourth-order valence-electron chi connectivity index (χ4n) is 3.85. The molecule has 5 nitrogen and oxygen atoms in total. The number of hydrogen-bond acceptors (Lipinski definition) is 4. The lowest BCUT2D eigenvalue weighted by Crippen LogP contribution is -2.29. The molecule has 0 saturated heterocycles. The zero-order chi connectivity index (χ0) is 17.0. The van der Waals surface area contributed by atoms with E-state index in [1.54, 1.807) is 24.3 Å². The average molecular weight is 350 g/mol. The van der Waals surface area contributed by atoms with E-state index in [2.05, 4.69) is 9.93 Å². The summed E-state index contributed by atoms with van der Waals surface area (Å²) in [4.78, 5) is 2.62. The van der Waals surface area contributed by atoms with Gasteiger partial charge in [-0.1, -0.05) is 19.3 Å². The molecule has 0 radical (unpaired) electrons. The Kier molecular flexibility index (Phi) is 5.43. The van der Waals surface area contributed by atoms with Gasteiger partial charge >= 0.3 is 0 Å². The first kappa shape index (κ1) is 17.3. The Morgan fingerprint density at radius 3 is 2.54 bits per heavy atom. The summed E-state index contributed by atoms with van der Waals surface area (Å²) in [5, 5.41) is 4.23. The second-order valence-corrected chi connectivity index (χ2v) is 8.39. The molecule has 1 N–H and O–H groups in total. The Labute approximate surface area is 144 Å². The van der Waals surface area contributed by atoms with Crippen molar-refractivity contribution in [1.82, 2.24) is 4.83 Å². The minimum absolute atomic E-state index is 0.210. The Morgan fingerprint density at radius 2 is 1.83 bits per heavy atom. The zero-order valence-corrected chi connectivity index (χ0v) is 15.0. The van der Waals surface area contributed by atoms with Crippen LogP contribution in [0.4, 0.5) is 0 Å². The van der Waals surface area contributed by atoms with Crippen LogP contribution >= 0.6 is 0 Å². The third-order valence-corrected chi connectivity index (χ3v) is 6.36. The van der Waals surface area contributed by atoms with Crippen molar-refractivity contribution in [3.63, 3.8) is 0 Å². The number of fused-ring (bicyclic) bond motifs is 1. The number of rotatable bonds is 5. The lowest BCUT2D eigenvalue weighted by atomic mass is 9.70. The number of nitrogens with zero attached hydrogens (tertiary/aromatic N) is 1. The summed E-state index contributed by atoms with van der Waals surface area (Å²) in [5.74, 6) is 2.18. The maximum Gasteiger partial charge on any atom is 0.276 e. The van der Waals surface area contributed by atoms with Crippen molar-refractivity contribution in [2.45, 2.75) is 56.8 Å². The van der Waals surface area contributed by atoms with Crippen LogP contribution in [0.5, 0.6) is 5.75 Å². The number of hydrogen-bond donors (Lipinski definition) is 1. The predicted molar refractivity (Wildman–Crippen MR) is 94.7 cm³/mol. The number of hydrazone groups is 1. The highest BCUT2D eigenvalue weighted by Crippen LogP contribution is 2.39. The molecular weight excluding hydrogens is 324 g/mol. The minimum Gasteiger partial charge on any atom is -0.494 e. The molecule has 2 aliphatic carbocycles. The standard InChI is InChI=1S/C18H26N2O3S/c1-2-23-17-9-11-18(12-10-17)24(21,22)20-19-16-8-7-14-5-3-4-6-15(14)13-16/h9-12,14-15,20H,2-8,13H2,1H3/b19-16+/t14-,15+/m0/s1. The summed E-state index contributed by atoms with van der Waals surface area (Å²) in [7, 11) is -3.61. The van der Waals surface area contributed by atoms with Gasteiger partial charge in [-0.2, -0.15) is 13.5 Å². The van der Waals surface area contributed by atoms with Crippen LogP contribution in [0, 0.1) is 11.8 Å². The monoisotopic (exact) mass is 350 g/mol. The van der Waals surface area contributed by atoms with Gasteiger partial charge in [-0.25, -0.2) is 4.83 Å². The summed E-state index contributed by atoms with van der Waals surface area (Å²) < 4.78 is 30.1. The topological polar surface area (TPSA) is 67.8 Å². The fourth-order valence-corrected chi connectivity index (χ4v) is 4.70. The lowest BCUT2D eigenvalue weighted by molar-refractivity contribution is 0.218. The molecule has 6 heteroatoms. The van der Waals surface area contributed by atoms with Crippen LogP contribution in [-0.2, 0) is 10.0 Å². The van der Waals surface area contributed by atoms with Crippen molar-refractivity contribution in [2.75, 3.05) is 6.61 Å². The lowest BCUT2D eigenvalue weighted by Gasteiger charge is -2.35. The molecule has 0 bridgehead atoms. The van der Waals surface area contributed by atoms with E-state index in [1.807, 2.05) is 6.92 Å². The average Bonchev–Trinajstić information content (AvgIpc) is 2.61. The van der Waals surface area contributed by atoms with E-state index < -0.39 is 10.0 Å². The highest BCUT2D eigenvalue weighted by atomic mass is 32.2. The van der Waals surface area contributed by atoms with Crippen molar-refractivity contribution < 1.29 is 13.2 Å². The Morgan fingerprint density at radius 1 is 1.12 bits per heavy atom. The molecule has 24 heavy (non-hydrogen) atoms. The Hall–Kier alpha value is -1.56. The highest BCUT2D eigenvalue weighted by molar-refractivity contribution is 7.89. The zero-order valence-electron chi connectivity index (χ0n) is 14.2. The van der Waals surface area contributed by atoms with Gasteiger partial charge in [-0.3, -0.25) is 0 Å². The third kappa shape index (κ3) is 4.09. The maximum absolute atomic E-state index is 12.4. The van der Waals surface area contributed by atoms with Gasteiger partial charge in [-0.15, -0.1) is 0 Å². The van der Waals surface area contributed by atoms with E-state index in [0.717, 1.165) is 30.9 Å².